The normalized spacial score (nSPS) is 14.6. The summed E-state index contributed by atoms with van der Waals surface area (Å²) in [5, 5.41) is 2.85. The maximum absolute atomic E-state index is 12.9. The van der Waals surface area contributed by atoms with E-state index in [9.17, 15) is 9.59 Å². The molecule has 1 N–H and O–H groups in total. The van der Waals surface area contributed by atoms with Gasteiger partial charge < -0.3 is 29.2 Å². The van der Waals surface area contributed by atoms with Gasteiger partial charge in [0.1, 0.15) is 18.1 Å². The lowest BCUT2D eigenvalue weighted by Crippen LogP contribution is -2.46. The number of rotatable bonds is 10. The number of hydrogen-bond donors (Lipinski definition) is 1. The molecule has 4 rings (SSSR count). The van der Waals surface area contributed by atoms with E-state index in [2.05, 4.69) is 5.32 Å². The Kier molecular flexibility index (Phi) is 8.53. The second kappa shape index (κ2) is 12.2. The number of anilines is 2. The molecule has 1 aliphatic heterocycles. The third-order valence-electron chi connectivity index (χ3n) is 5.92. The van der Waals surface area contributed by atoms with Crippen LogP contribution in [-0.2, 0) is 9.59 Å². The molecule has 8 heteroatoms. The Bertz CT molecular complexity index is 1340. The van der Waals surface area contributed by atoms with Crippen LogP contribution in [0.5, 0.6) is 23.0 Å². The Morgan fingerprint density at radius 3 is 2.68 bits per heavy atom. The fraction of sp³-hybridized carbons (Fsp3) is 0.267. The molecule has 1 atom stereocenters. The minimum atomic E-state index is -0.615. The molecule has 0 saturated heterocycles. The first-order valence-electron chi connectivity index (χ1n) is 12.5. The summed E-state index contributed by atoms with van der Waals surface area (Å²) in [6.07, 6.45) is 2.51. The van der Waals surface area contributed by atoms with E-state index in [1.807, 2.05) is 44.2 Å². The molecule has 0 aliphatic carbocycles. The van der Waals surface area contributed by atoms with Crippen LogP contribution in [0, 0.1) is 6.92 Å². The zero-order valence-electron chi connectivity index (χ0n) is 22.0. The zero-order valence-corrected chi connectivity index (χ0v) is 22.0. The minimum Gasteiger partial charge on any atom is -0.493 e. The lowest BCUT2D eigenvalue weighted by molar-refractivity contribution is -0.125. The van der Waals surface area contributed by atoms with Crippen molar-refractivity contribution in [1.29, 1.82) is 0 Å². The molecule has 0 bridgehead atoms. The van der Waals surface area contributed by atoms with E-state index in [1.54, 1.807) is 55.3 Å². The molecule has 1 heterocycles. The van der Waals surface area contributed by atoms with Crippen molar-refractivity contribution in [3.8, 4) is 23.0 Å². The summed E-state index contributed by atoms with van der Waals surface area (Å²) in [6, 6.07) is 18.4. The molecule has 8 nitrogen and oxygen atoms in total. The first kappa shape index (κ1) is 26.6. The van der Waals surface area contributed by atoms with E-state index in [0.717, 1.165) is 16.9 Å². The van der Waals surface area contributed by atoms with Crippen LogP contribution in [0.2, 0.25) is 0 Å². The third kappa shape index (κ3) is 6.45. The van der Waals surface area contributed by atoms with E-state index in [0.29, 0.717) is 48.4 Å². The number of benzene rings is 3. The van der Waals surface area contributed by atoms with Gasteiger partial charge in [0.15, 0.2) is 17.6 Å². The van der Waals surface area contributed by atoms with Gasteiger partial charge in [0.25, 0.3) is 5.91 Å². The van der Waals surface area contributed by atoms with E-state index in [4.69, 9.17) is 18.9 Å². The predicted octanol–water partition coefficient (Wildman–Crippen LogP) is 5.25. The average molecular weight is 517 g/mol. The Labute approximate surface area is 222 Å². The van der Waals surface area contributed by atoms with Gasteiger partial charge >= 0.3 is 0 Å². The summed E-state index contributed by atoms with van der Waals surface area (Å²) in [4.78, 5) is 27.2. The van der Waals surface area contributed by atoms with Crippen molar-refractivity contribution in [3.63, 3.8) is 0 Å². The van der Waals surface area contributed by atoms with Crippen molar-refractivity contribution in [1.82, 2.24) is 0 Å². The molecule has 0 spiro atoms. The summed E-state index contributed by atoms with van der Waals surface area (Å²) in [5.41, 5.74) is 3.01. The van der Waals surface area contributed by atoms with Gasteiger partial charge in [0.2, 0.25) is 5.91 Å². The molecule has 1 aliphatic rings. The summed E-state index contributed by atoms with van der Waals surface area (Å²) < 4.78 is 22.6. The number of ether oxygens (including phenoxy) is 4. The van der Waals surface area contributed by atoms with E-state index in [-0.39, 0.29) is 11.8 Å². The molecule has 0 aromatic heterocycles. The van der Waals surface area contributed by atoms with E-state index < -0.39 is 6.10 Å². The summed E-state index contributed by atoms with van der Waals surface area (Å²) in [5.74, 6) is 2.07. The Morgan fingerprint density at radius 1 is 1.08 bits per heavy atom. The van der Waals surface area contributed by atoms with E-state index in [1.165, 1.54) is 6.08 Å². The van der Waals surface area contributed by atoms with Crippen molar-refractivity contribution < 1.29 is 28.5 Å². The number of amides is 2. The molecule has 1 unspecified atom stereocenters. The topological polar surface area (TPSA) is 86.3 Å². The highest BCUT2D eigenvalue weighted by Gasteiger charge is 2.31. The summed E-state index contributed by atoms with van der Waals surface area (Å²) in [6.45, 7) is 6.80. The van der Waals surface area contributed by atoms with Crippen molar-refractivity contribution >= 4 is 29.3 Å². The second-order valence-corrected chi connectivity index (χ2v) is 8.76. The molecule has 38 heavy (non-hydrogen) atoms. The SMILES string of the molecule is CCOc1ccc(/C=C/C(=O)Nc2ccc3c(c2)N(CCOc2cccc(C)c2)C(=O)C(C)O3)cc1OC. The highest BCUT2D eigenvalue weighted by Crippen LogP contribution is 2.36. The lowest BCUT2D eigenvalue weighted by Gasteiger charge is -2.33. The first-order chi connectivity index (χ1) is 18.4. The summed E-state index contributed by atoms with van der Waals surface area (Å²) >= 11 is 0. The molecule has 0 fully saturated rings. The first-order valence-corrected chi connectivity index (χ1v) is 12.5. The van der Waals surface area contributed by atoms with Gasteiger partial charge in [-0.2, -0.15) is 0 Å². The molecular weight excluding hydrogens is 484 g/mol. The van der Waals surface area contributed by atoms with Crippen LogP contribution in [0.15, 0.2) is 66.7 Å². The standard InChI is InChI=1S/C30H32N2O6/c1-5-36-27-12-9-22(18-28(27)35-4)10-14-29(33)31-23-11-13-26-25(19-23)32(30(34)21(3)38-26)15-16-37-24-8-6-7-20(2)17-24/h6-14,17-19,21H,5,15-16H2,1-4H3,(H,31,33)/b14-10+. The number of aryl methyl sites for hydroxylation is 1. The summed E-state index contributed by atoms with van der Waals surface area (Å²) in [7, 11) is 1.57. The van der Waals surface area contributed by atoms with Crippen LogP contribution in [0.1, 0.15) is 25.0 Å². The van der Waals surface area contributed by atoms with Gasteiger partial charge in [-0.1, -0.05) is 18.2 Å². The number of fused-ring (bicyclic) bond motifs is 1. The molecule has 198 valence electrons. The zero-order chi connectivity index (χ0) is 27.1. The maximum Gasteiger partial charge on any atom is 0.267 e. The van der Waals surface area contributed by atoms with Gasteiger partial charge in [-0.15, -0.1) is 0 Å². The number of hydrogen-bond acceptors (Lipinski definition) is 6. The quantitative estimate of drug-likeness (QED) is 0.371. The van der Waals surface area contributed by atoms with Crippen molar-refractivity contribution in [2.45, 2.75) is 26.9 Å². The van der Waals surface area contributed by atoms with Gasteiger partial charge in [0.05, 0.1) is 25.9 Å². The average Bonchev–Trinajstić information content (AvgIpc) is 2.90. The van der Waals surface area contributed by atoms with Crippen molar-refractivity contribution in [2.24, 2.45) is 0 Å². The molecule has 0 saturated carbocycles. The largest absolute Gasteiger partial charge is 0.493 e. The fourth-order valence-electron chi connectivity index (χ4n) is 4.09. The second-order valence-electron chi connectivity index (χ2n) is 8.76. The molecular formula is C30H32N2O6. The molecule has 3 aromatic rings. The van der Waals surface area contributed by atoms with Crippen molar-refractivity contribution in [2.75, 3.05) is 37.1 Å². The van der Waals surface area contributed by atoms with Crippen LogP contribution in [0.3, 0.4) is 0 Å². The number of nitrogens with zero attached hydrogens (tertiary/aromatic N) is 1. The Balaban J connectivity index is 1.44. The fourth-order valence-corrected chi connectivity index (χ4v) is 4.09. The monoisotopic (exact) mass is 516 g/mol. The van der Waals surface area contributed by atoms with Gasteiger partial charge in [-0.25, -0.2) is 0 Å². The highest BCUT2D eigenvalue weighted by atomic mass is 16.5. The molecule has 0 radical (unpaired) electrons. The lowest BCUT2D eigenvalue weighted by atomic mass is 10.1. The number of nitrogens with one attached hydrogen (secondary N) is 1. The number of carbonyl (C=O) groups excluding carboxylic acids is 2. The molecule has 3 aromatic carbocycles. The minimum absolute atomic E-state index is 0.168. The maximum atomic E-state index is 12.9. The Hall–Kier alpha value is -4.46. The van der Waals surface area contributed by atoms with Crippen LogP contribution < -0.4 is 29.2 Å². The van der Waals surface area contributed by atoms with Gasteiger partial charge in [0, 0.05) is 11.8 Å². The van der Waals surface area contributed by atoms with Gasteiger partial charge in [-0.3, -0.25) is 9.59 Å². The van der Waals surface area contributed by atoms with Crippen LogP contribution >= 0.6 is 0 Å². The van der Waals surface area contributed by atoms with E-state index >= 15 is 0 Å². The number of carbonyl (C=O) groups is 2. The van der Waals surface area contributed by atoms with Crippen LogP contribution in [0.25, 0.3) is 6.08 Å². The predicted molar refractivity (Wildman–Crippen MR) is 147 cm³/mol. The molecule has 2 amide bonds. The third-order valence-corrected chi connectivity index (χ3v) is 5.92. The van der Waals surface area contributed by atoms with Gasteiger partial charge in [-0.05, 0) is 80.4 Å². The smallest absolute Gasteiger partial charge is 0.267 e. The number of methoxy groups -OCH3 is 1. The van der Waals surface area contributed by atoms with Crippen LogP contribution in [0.4, 0.5) is 11.4 Å². The van der Waals surface area contributed by atoms with Crippen molar-refractivity contribution in [3.05, 3.63) is 77.9 Å². The van der Waals surface area contributed by atoms with Crippen LogP contribution in [-0.4, -0.2) is 44.8 Å². The highest BCUT2D eigenvalue weighted by molar-refractivity contribution is 6.04. The Morgan fingerprint density at radius 2 is 1.92 bits per heavy atom.